The molecule has 2 aromatic rings. The molecule has 3 rings (SSSR count). The molecule has 8 heteroatoms. The van der Waals surface area contributed by atoms with Crippen LogP contribution in [-0.4, -0.2) is 47.6 Å². The number of amides is 1. The van der Waals surface area contributed by atoms with E-state index < -0.39 is 0 Å². The first-order chi connectivity index (χ1) is 14.6. The first kappa shape index (κ1) is 21.7. The van der Waals surface area contributed by atoms with Crippen molar-refractivity contribution in [1.29, 1.82) is 0 Å². The van der Waals surface area contributed by atoms with E-state index in [-0.39, 0.29) is 18.2 Å². The number of carbonyl (C=O) groups excluding carboxylic acids is 1. The highest BCUT2D eigenvalue weighted by atomic mass is 16.5. The van der Waals surface area contributed by atoms with Crippen molar-refractivity contribution in [3.05, 3.63) is 48.3 Å². The molecule has 1 aliphatic rings. The lowest BCUT2D eigenvalue weighted by atomic mass is 10.1. The van der Waals surface area contributed by atoms with Gasteiger partial charge in [-0.05, 0) is 63.3 Å². The second kappa shape index (κ2) is 10.7. The Hall–Kier alpha value is -3.03. The maximum atomic E-state index is 11.8. The molecule has 1 saturated carbocycles. The summed E-state index contributed by atoms with van der Waals surface area (Å²) in [4.78, 5) is 16.6. The normalized spacial score (nSPS) is 15.9. The number of benzene rings is 1. The van der Waals surface area contributed by atoms with E-state index in [0.717, 1.165) is 36.6 Å². The lowest BCUT2D eigenvalue weighted by Crippen LogP contribution is -2.42. The van der Waals surface area contributed by atoms with Crippen LogP contribution in [0.2, 0.25) is 0 Å². The van der Waals surface area contributed by atoms with Gasteiger partial charge in [0.2, 0.25) is 0 Å². The highest BCUT2D eigenvalue weighted by Crippen LogP contribution is 2.32. The summed E-state index contributed by atoms with van der Waals surface area (Å²) in [6.45, 7) is 7.58. The minimum absolute atomic E-state index is 0.00189. The average molecular weight is 413 g/mol. The fraction of sp³-hybridized carbons (Fsp3) is 0.500. The summed E-state index contributed by atoms with van der Waals surface area (Å²) in [7, 11) is 0. The minimum Gasteiger partial charge on any atom is -0.450 e. The third kappa shape index (κ3) is 6.23. The highest BCUT2D eigenvalue weighted by molar-refractivity contribution is 5.80. The molecule has 1 heterocycles. The van der Waals surface area contributed by atoms with Gasteiger partial charge >= 0.3 is 6.09 Å². The fourth-order valence-electron chi connectivity index (χ4n) is 3.29. The molecule has 0 aliphatic heterocycles. The van der Waals surface area contributed by atoms with Crippen LogP contribution >= 0.6 is 0 Å². The fourth-order valence-corrected chi connectivity index (χ4v) is 3.29. The first-order valence-corrected chi connectivity index (χ1v) is 10.7. The van der Waals surface area contributed by atoms with Gasteiger partial charge in [-0.2, -0.15) is 5.10 Å². The van der Waals surface area contributed by atoms with E-state index in [1.807, 2.05) is 36.0 Å². The van der Waals surface area contributed by atoms with E-state index in [0.29, 0.717) is 19.1 Å². The van der Waals surface area contributed by atoms with E-state index in [1.54, 1.807) is 13.1 Å². The number of rotatable bonds is 9. The van der Waals surface area contributed by atoms with Gasteiger partial charge in [0.1, 0.15) is 0 Å². The summed E-state index contributed by atoms with van der Waals surface area (Å²) in [5, 5.41) is 14.0. The molecule has 1 aliphatic carbocycles. The molecule has 0 bridgehead atoms. The minimum atomic E-state index is -0.369. The van der Waals surface area contributed by atoms with Crippen molar-refractivity contribution in [3.8, 4) is 5.69 Å². The summed E-state index contributed by atoms with van der Waals surface area (Å²) >= 11 is 0. The third-order valence-electron chi connectivity index (χ3n) is 5.05. The molecular weight excluding hydrogens is 380 g/mol. The Bertz CT molecular complexity index is 832. The van der Waals surface area contributed by atoms with Crippen LogP contribution in [0, 0.1) is 5.92 Å². The zero-order chi connectivity index (χ0) is 21.3. The summed E-state index contributed by atoms with van der Waals surface area (Å²) in [5.74, 6) is 1.20. The second-order valence-electron chi connectivity index (χ2n) is 7.44. The van der Waals surface area contributed by atoms with Crippen LogP contribution in [0.3, 0.4) is 0 Å². The number of ether oxygens (including phenoxy) is 1. The molecule has 2 unspecified atom stereocenters. The van der Waals surface area contributed by atoms with Crippen molar-refractivity contribution in [2.24, 2.45) is 10.9 Å². The van der Waals surface area contributed by atoms with Gasteiger partial charge in [0, 0.05) is 18.9 Å². The lowest BCUT2D eigenvalue weighted by Gasteiger charge is -2.20. The molecule has 1 fully saturated rings. The summed E-state index contributed by atoms with van der Waals surface area (Å²) in [6, 6.07) is 10.2. The molecule has 0 radical (unpaired) electrons. The maximum Gasteiger partial charge on any atom is 0.407 e. The van der Waals surface area contributed by atoms with E-state index >= 15 is 0 Å². The maximum absolute atomic E-state index is 11.8. The van der Waals surface area contributed by atoms with Crippen LogP contribution < -0.4 is 16.0 Å². The number of carbonyl (C=O) groups is 1. The zero-order valence-electron chi connectivity index (χ0n) is 18.0. The largest absolute Gasteiger partial charge is 0.450 e. The average Bonchev–Trinajstić information content (AvgIpc) is 3.44. The van der Waals surface area contributed by atoms with Crippen molar-refractivity contribution >= 4 is 12.1 Å². The third-order valence-corrected chi connectivity index (χ3v) is 5.05. The Morgan fingerprint density at radius 1 is 1.30 bits per heavy atom. The number of aliphatic imine (C=N–C) groups is 1. The summed E-state index contributed by atoms with van der Waals surface area (Å²) in [5.41, 5.74) is 2.15. The number of nitrogens with zero attached hydrogens (tertiary/aromatic N) is 3. The number of guanidine groups is 1. The van der Waals surface area contributed by atoms with Crippen LogP contribution in [0.5, 0.6) is 0 Å². The van der Waals surface area contributed by atoms with Gasteiger partial charge in [-0.15, -0.1) is 0 Å². The Morgan fingerprint density at radius 3 is 2.80 bits per heavy atom. The van der Waals surface area contributed by atoms with Crippen LogP contribution in [0.4, 0.5) is 4.79 Å². The van der Waals surface area contributed by atoms with Gasteiger partial charge in [0.25, 0.3) is 0 Å². The topological polar surface area (TPSA) is 92.6 Å². The zero-order valence-corrected chi connectivity index (χ0v) is 18.0. The predicted molar refractivity (Wildman–Crippen MR) is 118 cm³/mol. The Balaban J connectivity index is 1.65. The smallest absolute Gasteiger partial charge is 0.407 e. The first-order valence-electron chi connectivity index (χ1n) is 10.7. The van der Waals surface area contributed by atoms with Gasteiger partial charge in [0.05, 0.1) is 30.9 Å². The van der Waals surface area contributed by atoms with Crippen LogP contribution in [0.25, 0.3) is 5.69 Å². The number of aromatic nitrogens is 2. The van der Waals surface area contributed by atoms with Crippen molar-refractivity contribution in [3.63, 3.8) is 0 Å². The highest BCUT2D eigenvalue weighted by Gasteiger charge is 2.32. The molecule has 1 aromatic carbocycles. The quantitative estimate of drug-likeness (QED) is 0.435. The summed E-state index contributed by atoms with van der Waals surface area (Å²) in [6.07, 6.45) is 5.56. The van der Waals surface area contributed by atoms with Crippen LogP contribution in [0.15, 0.2) is 47.7 Å². The summed E-state index contributed by atoms with van der Waals surface area (Å²) < 4.78 is 6.88. The Morgan fingerprint density at radius 2 is 2.13 bits per heavy atom. The van der Waals surface area contributed by atoms with E-state index in [1.165, 1.54) is 0 Å². The molecule has 1 amide bonds. The van der Waals surface area contributed by atoms with Crippen molar-refractivity contribution in [1.82, 2.24) is 25.7 Å². The number of hydrogen-bond acceptors (Lipinski definition) is 4. The van der Waals surface area contributed by atoms with Crippen LogP contribution in [0.1, 0.15) is 45.2 Å². The van der Waals surface area contributed by atoms with E-state index in [4.69, 9.17) is 9.73 Å². The molecule has 0 saturated heterocycles. The predicted octanol–water partition coefficient (Wildman–Crippen LogP) is 3.01. The standard InChI is InChI=1S/C22H32N6O2/c1-4-23-21(24-15-20(17-10-11-17)27-22(29)30-5-2)26-16(3)18-8-6-9-19(14-18)28-13-7-12-25-28/h6-9,12-14,16-17,20H,4-5,10-11,15H2,1-3H3,(H,27,29)(H2,23,24,26). The monoisotopic (exact) mass is 412 g/mol. The van der Waals surface area contributed by atoms with E-state index in [2.05, 4.69) is 40.1 Å². The van der Waals surface area contributed by atoms with Crippen molar-refractivity contribution in [2.45, 2.75) is 45.7 Å². The lowest BCUT2D eigenvalue weighted by molar-refractivity contribution is 0.147. The van der Waals surface area contributed by atoms with Gasteiger partial charge < -0.3 is 20.7 Å². The molecule has 1 aromatic heterocycles. The molecule has 0 spiro atoms. The van der Waals surface area contributed by atoms with Crippen LogP contribution in [-0.2, 0) is 4.74 Å². The molecule has 162 valence electrons. The molecule has 30 heavy (non-hydrogen) atoms. The molecule has 2 atom stereocenters. The Labute approximate surface area is 178 Å². The van der Waals surface area contributed by atoms with E-state index in [9.17, 15) is 4.79 Å². The van der Waals surface area contributed by atoms with Crippen molar-refractivity contribution in [2.75, 3.05) is 19.7 Å². The number of hydrogen-bond donors (Lipinski definition) is 3. The van der Waals surface area contributed by atoms with Gasteiger partial charge in [-0.1, -0.05) is 12.1 Å². The molecular formula is C22H32N6O2. The number of alkyl carbamates (subject to hydrolysis) is 1. The molecule has 8 nitrogen and oxygen atoms in total. The van der Waals surface area contributed by atoms with Gasteiger partial charge in [0.15, 0.2) is 5.96 Å². The van der Waals surface area contributed by atoms with Gasteiger partial charge in [-0.3, -0.25) is 4.99 Å². The SMILES string of the molecule is CCNC(=NCC(NC(=O)OCC)C1CC1)NC(C)c1cccc(-n2cccn2)c1. The van der Waals surface area contributed by atoms with Gasteiger partial charge in [-0.25, -0.2) is 9.48 Å². The Kier molecular flexibility index (Phi) is 7.70. The van der Waals surface area contributed by atoms with Crippen molar-refractivity contribution < 1.29 is 9.53 Å². The number of nitrogens with one attached hydrogen (secondary N) is 3. The molecule has 3 N–H and O–H groups in total. The second-order valence-corrected chi connectivity index (χ2v) is 7.44.